The van der Waals surface area contributed by atoms with Gasteiger partial charge in [-0.05, 0) is 140 Å². The number of hydrogen-bond donors (Lipinski definition) is 0. The predicted octanol–water partition coefficient (Wildman–Crippen LogP) is 18.1. The van der Waals surface area contributed by atoms with Crippen LogP contribution in [0.4, 0.5) is 22.7 Å². The van der Waals surface area contributed by atoms with Crippen molar-refractivity contribution in [2.24, 2.45) is 0 Å². The van der Waals surface area contributed by atoms with E-state index in [9.17, 15) is 0 Å². The van der Waals surface area contributed by atoms with Gasteiger partial charge in [-0.2, -0.15) is 0 Å². The number of anilines is 4. The third-order valence-electron chi connectivity index (χ3n) is 14.7. The number of benzene rings is 7. The molecule has 0 fully saturated rings. The summed E-state index contributed by atoms with van der Waals surface area (Å²) in [5, 5.41) is 2.34. The van der Waals surface area contributed by atoms with Gasteiger partial charge >= 0.3 is 0 Å². The maximum Gasteiger partial charge on any atom is 0.137 e. The molecule has 5 nitrogen and oxygen atoms in total. The molecule has 0 radical (unpaired) electrons. The Morgan fingerprint density at radius 1 is 0.471 bits per heavy atom. The molecule has 0 aliphatic carbocycles. The van der Waals surface area contributed by atoms with Gasteiger partial charge in [-0.1, -0.05) is 162 Å². The Kier molecular flexibility index (Phi) is 11.8. The van der Waals surface area contributed by atoms with E-state index >= 15 is 0 Å². The highest BCUT2D eigenvalue weighted by Gasteiger charge is 2.31. The third-order valence-corrected chi connectivity index (χ3v) is 14.7. The summed E-state index contributed by atoms with van der Waals surface area (Å²) >= 11 is 0. The lowest BCUT2D eigenvalue weighted by molar-refractivity contribution is 0.483. The van der Waals surface area contributed by atoms with Gasteiger partial charge in [0.25, 0.3) is 0 Å². The summed E-state index contributed by atoms with van der Waals surface area (Å²) in [5.74, 6) is 3.09. The topological polar surface area (TPSA) is 33.5 Å². The van der Waals surface area contributed by atoms with Crippen molar-refractivity contribution in [2.45, 2.75) is 111 Å². The van der Waals surface area contributed by atoms with E-state index in [1.54, 1.807) is 0 Å². The number of pyridine rings is 1. The second-order valence-electron chi connectivity index (χ2n) is 22.6. The molecule has 7 aromatic carbocycles. The van der Waals surface area contributed by atoms with Crippen molar-refractivity contribution in [3.63, 3.8) is 0 Å². The molecule has 0 atom stereocenters. The van der Waals surface area contributed by atoms with Gasteiger partial charge in [-0.3, -0.25) is 4.57 Å². The Bertz CT molecular complexity index is 3370. The molecule has 1 aliphatic heterocycles. The second kappa shape index (κ2) is 17.7. The molecule has 1 aliphatic rings. The van der Waals surface area contributed by atoms with Crippen LogP contribution in [0.1, 0.15) is 128 Å². The number of ether oxygens (including phenoxy) is 1. The Morgan fingerprint density at radius 3 is 1.77 bits per heavy atom. The zero-order valence-corrected chi connectivity index (χ0v) is 43.2. The van der Waals surface area contributed by atoms with Crippen molar-refractivity contribution in [3.8, 4) is 28.4 Å². The van der Waals surface area contributed by atoms with Crippen LogP contribution in [0.25, 0.3) is 38.8 Å². The van der Waals surface area contributed by atoms with Crippen LogP contribution in [0, 0.1) is 0 Å². The second-order valence-corrected chi connectivity index (χ2v) is 22.6. The molecule has 0 spiro atoms. The smallest absolute Gasteiger partial charge is 0.137 e. The molecule has 3 heterocycles. The van der Waals surface area contributed by atoms with Crippen molar-refractivity contribution < 1.29 is 4.74 Å². The van der Waals surface area contributed by atoms with E-state index in [1.807, 2.05) is 6.20 Å². The van der Waals surface area contributed by atoms with Gasteiger partial charge in [0.15, 0.2) is 0 Å². The first kappa shape index (κ1) is 46.6. The summed E-state index contributed by atoms with van der Waals surface area (Å²) in [4.78, 5) is 9.95. The van der Waals surface area contributed by atoms with Crippen molar-refractivity contribution in [2.75, 3.05) is 16.5 Å². The zero-order valence-electron chi connectivity index (χ0n) is 43.2. The van der Waals surface area contributed by atoms with Crippen molar-refractivity contribution in [1.82, 2.24) is 9.55 Å². The molecule has 2 aromatic heterocycles. The van der Waals surface area contributed by atoms with E-state index in [1.165, 1.54) is 61.4 Å². The third kappa shape index (κ3) is 8.54. The first-order valence-corrected chi connectivity index (χ1v) is 25.2. The lowest BCUT2D eigenvalue weighted by atomic mass is 9.78. The average molecular weight is 921 g/mol. The number of nitrogens with zero attached hydrogens (tertiary/aromatic N) is 4. The zero-order chi connectivity index (χ0) is 49.3. The first-order chi connectivity index (χ1) is 33.4. The Balaban J connectivity index is 1.15. The molecule has 354 valence electrons. The molecule has 0 unspecified atom stereocenters. The van der Waals surface area contributed by atoms with E-state index in [0.717, 1.165) is 45.0 Å². The summed E-state index contributed by atoms with van der Waals surface area (Å²) in [6.07, 6.45) is 1.95. The maximum absolute atomic E-state index is 7.23. The monoisotopic (exact) mass is 921 g/mol. The van der Waals surface area contributed by atoms with Crippen LogP contribution in [0.5, 0.6) is 11.5 Å². The van der Waals surface area contributed by atoms with E-state index < -0.39 is 0 Å². The molecule has 0 saturated carbocycles. The molecule has 70 heavy (non-hydrogen) atoms. The SMILES string of the molecule is CC(C)c1cccc(C(C)C)c1-c1cc(Oc2ccc3c4cc(C(C)(C)c5ccccc5)ccc4n(-c4cc(C(C)(C)C)ccn4)c3c2)cc(N2CN(c3cccc(C(C)(C)C)c3)c3ccccc32)c1. The van der Waals surface area contributed by atoms with Gasteiger partial charge in [0, 0.05) is 45.9 Å². The standard InChI is InChI=1S/C65H68N4O/c1-42(2)53-24-19-25-54(43(3)4)62(53)44-34-50(68-41-67(58-26-16-17-27-59(58)68)49-23-18-22-46(36-49)63(5,6)7)39-52(35-44)70-51-29-30-55-56-37-48(65(11,12)45-20-14-13-15-21-45)28-31-57(56)69(60(55)40-51)61-38-47(32-33-66-61)64(8,9)10/h13-40,42-43H,41H2,1-12H3. The number of para-hydroxylation sites is 2. The maximum atomic E-state index is 7.23. The molecule has 9 aromatic rings. The summed E-state index contributed by atoms with van der Waals surface area (Å²) in [5.41, 5.74) is 16.8. The Morgan fingerprint density at radius 2 is 1.10 bits per heavy atom. The van der Waals surface area contributed by atoms with E-state index in [-0.39, 0.29) is 16.2 Å². The lowest BCUT2D eigenvalue weighted by Gasteiger charge is -2.26. The minimum absolute atomic E-state index is 0.0278. The highest BCUT2D eigenvalue weighted by atomic mass is 16.5. The molecular weight excluding hydrogens is 853 g/mol. The van der Waals surface area contributed by atoms with Crippen LogP contribution in [0.3, 0.4) is 0 Å². The molecule has 10 rings (SSSR count). The molecule has 0 saturated heterocycles. The molecule has 0 amide bonds. The van der Waals surface area contributed by atoms with E-state index in [2.05, 4.69) is 261 Å². The number of hydrogen-bond acceptors (Lipinski definition) is 4. The van der Waals surface area contributed by atoms with Gasteiger partial charge in [0.05, 0.1) is 22.4 Å². The van der Waals surface area contributed by atoms with Crippen LogP contribution in [0.15, 0.2) is 170 Å². The van der Waals surface area contributed by atoms with Gasteiger partial charge in [-0.15, -0.1) is 0 Å². The van der Waals surface area contributed by atoms with Crippen LogP contribution < -0.4 is 14.5 Å². The molecule has 0 bridgehead atoms. The summed E-state index contributed by atoms with van der Waals surface area (Å²) < 4.78 is 9.55. The minimum Gasteiger partial charge on any atom is -0.457 e. The number of aromatic nitrogens is 2. The predicted molar refractivity (Wildman–Crippen MR) is 297 cm³/mol. The van der Waals surface area contributed by atoms with E-state index in [4.69, 9.17) is 9.72 Å². The summed E-state index contributed by atoms with van der Waals surface area (Å²) in [6.45, 7) is 28.1. The Hall–Kier alpha value is -7.11. The first-order valence-electron chi connectivity index (χ1n) is 25.2. The Labute approximate surface area is 416 Å². The summed E-state index contributed by atoms with van der Waals surface area (Å²) in [7, 11) is 0. The lowest BCUT2D eigenvalue weighted by Crippen LogP contribution is -2.24. The number of fused-ring (bicyclic) bond motifs is 4. The van der Waals surface area contributed by atoms with Crippen LogP contribution in [-0.4, -0.2) is 16.2 Å². The summed E-state index contributed by atoms with van der Waals surface area (Å²) in [6, 6.07) is 60.3. The fraction of sp³-hybridized carbons (Fsp3) is 0.277. The molecular formula is C65H68N4O. The highest BCUT2D eigenvalue weighted by Crippen LogP contribution is 2.48. The average Bonchev–Trinajstić information content (AvgIpc) is 3.89. The van der Waals surface area contributed by atoms with Crippen molar-refractivity contribution >= 4 is 44.6 Å². The van der Waals surface area contributed by atoms with Gasteiger partial charge in [0.1, 0.15) is 24.0 Å². The quantitative estimate of drug-likeness (QED) is 0.137. The van der Waals surface area contributed by atoms with Crippen molar-refractivity contribution in [3.05, 3.63) is 203 Å². The number of rotatable bonds is 10. The van der Waals surface area contributed by atoms with Gasteiger partial charge in [-0.25, -0.2) is 4.98 Å². The van der Waals surface area contributed by atoms with E-state index in [0.29, 0.717) is 18.5 Å². The van der Waals surface area contributed by atoms with Crippen LogP contribution >= 0.6 is 0 Å². The minimum atomic E-state index is -0.201. The van der Waals surface area contributed by atoms with Gasteiger partial charge in [0.2, 0.25) is 0 Å². The van der Waals surface area contributed by atoms with Crippen molar-refractivity contribution in [1.29, 1.82) is 0 Å². The molecule has 5 heteroatoms. The van der Waals surface area contributed by atoms with Crippen LogP contribution in [-0.2, 0) is 16.2 Å². The van der Waals surface area contributed by atoms with Gasteiger partial charge < -0.3 is 14.5 Å². The normalized spacial score (nSPS) is 13.3. The largest absolute Gasteiger partial charge is 0.457 e. The van der Waals surface area contributed by atoms with Crippen LogP contribution in [0.2, 0.25) is 0 Å². The fourth-order valence-electron chi connectivity index (χ4n) is 10.5. The molecule has 0 N–H and O–H groups in total. The highest BCUT2D eigenvalue weighted by molar-refractivity contribution is 6.10. The fourth-order valence-corrected chi connectivity index (χ4v) is 10.5.